The molecule has 0 aromatic carbocycles. The van der Waals surface area contributed by atoms with Gasteiger partial charge < -0.3 is 10.3 Å². The van der Waals surface area contributed by atoms with Crippen LogP contribution < -0.4 is 5.32 Å². The third kappa shape index (κ3) is 3.39. The fraction of sp³-hybridized carbons (Fsp3) is 0.368. The fourth-order valence-electron chi connectivity index (χ4n) is 3.67. The molecule has 1 fully saturated rings. The van der Waals surface area contributed by atoms with Gasteiger partial charge in [-0.25, -0.2) is 4.98 Å². The summed E-state index contributed by atoms with van der Waals surface area (Å²) < 4.78 is 38.4. The van der Waals surface area contributed by atoms with Crippen LogP contribution in [0, 0.1) is 6.92 Å². The van der Waals surface area contributed by atoms with Crippen LogP contribution in [0.5, 0.6) is 0 Å². The molecular formula is C19H19F3N6O. The maximum absolute atomic E-state index is 12.8. The number of halogens is 3. The largest absolute Gasteiger partial charge is 0.433 e. The molecule has 0 bridgehead atoms. The van der Waals surface area contributed by atoms with Gasteiger partial charge in [0.2, 0.25) is 0 Å². The van der Waals surface area contributed by atoms with E-state index in [0.717, 1.165) is 35.6 Å². The number of rotatable bonds is 5. The molecule has 0 spiro atoms. The van der Waals surface area contributed by atoms with E-state index in [1.165, 1.54) is 18.6 Å². The van der Waals surface area contributed by atoms with Gasteiger partial charge in [0.05, 0.1) is 6.04 Å². The quantitative estimate of drug-likeness (QED) is 0.607. The molecule has 3 aromatic rings. The second kappa shape index (κ2) is 6.71. The summed E-state index contributed by atoms with van der Waals surface area (Å²) in [5, 5.41) is 9.33. The highest BCUT2D eigenvalue weighted by atomic mass is 19.4. The first-order valence-corrected chi connectivity index (χ1v) is 9.11. The second-order valence-corrected chi connectivity index (χ2v) is 7.28. The van der Waals surface area contributed by atoms with Crippen molar-refractivity contribution in [1.82, 2.24) is 30.5 Å². The molecule has 1 aliphatic carbocycles. The molecule has 1 atom stereocenters. The van der Waals surface area contributed by atoms with Crippen molar-refractivity contribution in [3.63, 3.8) is 0 Å². The van der Waals surface area contributed by atoms with E-state index in [4.69, 9.17) is 0 Å². The van der Waals surface area contributed by atoms with Crippen molar-refractivity contribution < 1.29 is 18.0 Å². The molecule has 10 heteroatoms. The Morgan fingerprint density at radius 3 is 2.59 bits per heavy atom. The van der Waals surface area contributed by atoms with Gasteiger partial charge in [0.15, 0.2) is 0 Å². The van der Waals surface area contributed by atoms with E-state index in [9.17, 15) is 18.0 Å². The van der Waals surface area contributed by atoms with E-state index in [2.05, 4.69) is 30.5 Å². The maximum Gasteiger partial charge on any atom is 0.433 e. The lowest BCUT2D eigenvalue weighted by Gasteiger charge is -2.17. The van der Waals surface area contributed by atoms with E-state index in [1.54, 1.807) is 13.1 Å². The zero-order valence-electron chi connectivity index (χ0n) is 15.8. The monoisotopic (exact) mass is 404 g/mol. The zero-order chi connectivity index (χ0) is 20.8. The summed E-state index contributed by atoms with van der Waals surface area (Å²) in [6.07, 6.45) is 1.51. The molecule has 0 aliphatic heterocycles. The minimum absolute atomic E-state index is 0.293. The molecule has 7 nitrogen and oxygen atoms in total. The SMILES string of the molecule is Cc1c(C2(c3ccc(C(F)(F)F)nc3)CC2)c[nH]c1C(=O)N[C@H](C)c1ncn[nH]1. The number of aromatic nitrogens is 5. The first kappa shape index (κ1) is 19.2. The number of pyridine rings is 1. The summed E-state index contributed by atoms with van der Waals surface area (Å²) in [6.45, 7) is 3.62. The number of carbonyl (C=O) groups is 1. The Labute approximate surface area is 164 Å². The molecule has 0 saturated heterocycles. The molecule has 3 heterocycles. The van der Waals surface area contributed by atoms with Crippen LogP contribution in [0.4, 0.5) is 13.2 Å². The number of carbonyl (C=O) groups excluding carboxylic acids is 1. The average molecular weight is 404 g/mol. The van der Waals surface area contributed by atoms with Crippen molar-refractivity contribution in [2.24, 2.45) is 0 Å². The molecule has 4 rings (SSSR count). The highest BCUT2D eigenvalue weighted by molar-refractivity contribution is 5.94. The smallest absolute Gasteiger partial charge is 0.357 e. The van der Waals surface area contributed by atoms with Gasteiger partial charge in [-0.1, -0.05) is 6.07 Å². The van der Waals surface area contributed by atoms with E-state index in [1.807, 2.05) is 6.92 Å². The molecule has 1 saturated carbocycles. The molecule has 1 aliphatic rings. The Balaban J connectivity index is 1.57. The Hall–Kier alpha value is -3.17. The van der Waals surface area contributed by atoms with Gasteiger partial charge in [-0.15, -0.1) is 0 Å². The van der Waals surface area contributed by atoms with E-state index in [0.29, 0.717) is 11.5 Å². The topological polar surface area (TPSA) is 99.3 Å². The van der Waals surface area contributed by atoms with Crippen LogP contribution in [0.3, 0.4) is 0 Å². The van der Waals surface area contributed by atoms with Crippen LogP contribution in [0.25, 0.3) is 0 Å². The summed E-state index contributed by atoms with van der Waals surface area (Å²) in [6, 6.07) is 2.12. The van der Waals surface area contributed by atoms with Crippen LogP contribution in [-0.4, -0.2) is 31.1 Å². The molecule has 0 radical (unpaired) electrons. The van der Waals surface area contributed by atoms with Gasteiger partial charge in [-0.3, -0.25) is 14.9 Å². The number of amides is 1. The molecule has 0 unspecified atom stereocenters. The van der Waals surface area contributed by atoms with Gasteiger partial charge in [0.25, 0.3) is 5.91 Å². The Bertz CT molecular complexity index is 1020. The lowest BCUT2D eigenvalue weighted by atomic mass is 9.88. The number of aromatic amines is 2. The van der Waals surface area contributed by atoms with E-state index >= 15 is 0 Å². The minimum atomic E-state index is -4.47. The molecule has 152 valence electrons. The molecule has 3 aromatic heterocycles. The average Bonchev–Trinajstić information content (AvgIpc) is 3.11. The van der Waals surface area contributed by atoms with Gasteiger partial charge in [0, 0.05) is 17.8 Å². The van der Waals surface area contributed by atoms with Crippen LogP contribution in [0.15, 0.2) is 30.9 Å². The highest BCUT2D eigenvalue weighted by Gasteiger charge is 2.48. The van der Waals surface area contributed by atoms with E-state index in [-0.39, 0.29) is 11.9 Å². The predicted octanol–water partition coefficient (Wildman–Crippen LogP) is 3.43. The minimum Gasteiger partial charge on any atom is -0.357 e. The standard InChI is InChI=1S/C19H19F3N6O/c1-10-13(8-24-15(10)17(29)27-11(2)16-25-9-26-28-16)18(5-6-18)12-3-4-14(23-7-12)19(20,21)22/h3-4,7-9,11,24H,5-6H2,1-2H3,(H,27,29)(H,25,26,28)/t11-/m1/s1. The van der Waals surface area contributed by atoms with Crippen LogP contribution in [-0.2, 0) is 11.6 Å². The van der Waals surface area contributed by atoms with Crippen molar-refractivity contribution in [2.45, 2.75) is 44.3 Å². The zero-order valence-corrected chi connectivity index (χ0v) is 15.8. The van der Waals surface area contributed by atoms with Crippen LogP contribution in [0.1, 0.15) is 64.5 Å². The molecule has 29 heavy (non-hydrogen) atoms. The number of nitrogens with one attached hydrogen (secondary N) is 3. The lowest BCUT2D eigenvalue weighted by molar-refractivity contribution is -0.141. The van der Waals surface area contributed by atoms with Crippen molar-refractivity contribution >= 4 is 5.91 Å². The molecular weight excluding hydrogens is 385 g/mol. The van der Waals surface area contributed by atoms with Gasteiger partial charge >= 0.3 is 6.18 Å². The first-order valence-electron chi connectivity index (χ1n) is 9.11. The second-order valence-electron chi connectivity index (χ2n) is 7.28. The summed E-state index contributed by atoms with van der Waals surface area (Å²) in [5.74, 6) is 0.247. The number of hydrogen-bond acceptors (Lipinski definition) is 4. The van der Waals surface area contributed by atoms with Crippen LogP contribution in [0.2, 0.25) is 0 Å². The summed E-state index contributed by atoms with van der Waals surface area (Å²) in [7, 11) is 0. The Morgan fingerprint density at radius 1 is 1.28 bits per heavy atom. The van der Waals surface area contributed by atoms with Crippen molar-refractivity contribution in [2.75, 3.05) is 0 Å². The number of alkyl halides is 3. The highest BCUT2D eigenvalue weighted by Crippen LogP contribution is 2.54. The van der Waals surface area contributed by atoms with Crippen molar-refractivity contribution in [3.8, 4) is 0 Å². The predicted molar refractivity (Wildman–Crippen MR) is 97.0 cm³/mol. The van der Waals surface area contributed by atoms with Gasteiger partial charge in [-0.2, -0.15) is 18.3 Å². The van der Waals surface area contributed by atoms with Crippen molar-refractivity contribution in [1.29, 1.82) is 0 Å². The Kier molecular flexibility index (Phi) is 4.44. The van der Waals surface area contributed by atoms with Crippen LogP contribution >= 0.6 is 0 Å². The Morgan fingerprint density at radius 2 is 2.03 bits per heavy atom. The summed E-state index contributed by atoms with van der Waals surface area (Å²) >= 11 is 0. The third-order valence-corrected chi connectivity index (χ3v) is 5.43. The van der Waals surface area contributed by atoms with E-state index < -0.39 is 17.3 Å². The molecule has 1 amide bonds. The number of nitrogens with zero attached hydrogens (tertiary/aromatic N) is 3. The number of H-pyrrole nitrogens is 2. The lowest BCUT2D eigenvalue weighted by Crippen LogP contribution is -2.28. The van der Waals surface area contributed by atoms with Crippen molar-refractivity contribution in [3.05, 3.63) is 64.8 Å². The summed E-state index contributed by atoms with van der Waals surface area (Å²) in [5.41, 5.74) is 1.48. The fourth-order valence-corrected chi connectivity index (χ4v) is 3.67. The first-order chi connectivity index (χ1) is 13.7. The maximum atomic E-state index is 12.8. The third-order valence-electron chi connectivity index (χ3n) is 5.43. The number of hydrogen-bond donors (Lipinski definition) is 3. The normalized spacial score (nSPS) is 16.4. The van der Waals surface area contributed by atoms with Gasteiger partial charge in [-0.05, 0) is 49.4 Å². The molecule has 3 N–H and O–H groups in total. The van der Waals surface area contributed by atoms with Gasteiger partial charge in [0.1, 0.15) is 23.5 Å². The summed E-state index contributed by atoms with van der Waals surface area (Å²) in [4.78, 5) is 23.3.